The van der Waals surface area contributed by atoms with Gasteiger partial charge in [-0.2, -0.15) is 5.26 Å². The predicted molar refractivity (Wildman–Crippen MR) is 32.1 cm³/mol. The molecular formula is C6H8FNO3. The van der Waals surface area contributed by atoms with Gasteiger partial charge in [0.05, 0.1) is 13.2 Å². The van der Waals surface area contributed by atoms with Crippen molar-refractivity contribution in [2.75, 3.05) is 13.2 Å². The third-order valence-corrected chi connectivity index (χ3v) is 1.80. The van der Waals surface area contributed by atoms with E-state index in [2.05, 4.69) is 4.74 Å². The van der Waals surface area contributed by atoms with Crippen LogP contribution < -0.4 is 0 Å². The van der Waals surface area contributed by atoms with Gasteiger partial charge >= 0.3 is 0 Å². The van der Waals surface area contributed by atoms with Crippen LogP contribution >= 0.6 is 0 Å². The van der Waals surface area contributed by atoms with Crippen molar-refractivity contribution in [2.24, 2.45) is 0 Å². The van der Waals surface area contributed by atoms with Gasteiger partial charge in [0.25, 0.3) is 5.85 Å². The minimum atomic E-state index is -2.73. The number of aliphatic hydroxyl groups excluding tert-OH is 1. The number of hydrogen-bond acceptors (Lipinski definition) is 4. The van der Waals surface area contributed by atoms with E-state index in [0.29, 0.717) is 0 Å². The van der Waals surface area contributed by atoms with Crippen molar-refractivity contribution < 1.29 is 19.3 Å². The lowest BCUT2D eigenvalue weighted by atomic mass is 9.97. The Morgan fingerprint density at radius 1 is 1.73 bits per heavy atom. The monoisotopic (exact) mass is 161 g/mol. The van der Waals surface area contributed by atoms with Gasteiger partial charge in [0.2, 0.25) is 5.60 Å². The van der Waals surface area contributed by atoms with E-state index in [1.165, 1.54) is 6.07 Å². The summed E-state index contributed by atoms with van der Waals surface area (Å²) in [7, 11) is 0. The molecule has 1 aliphatic rings. The van der Waals surface area contributed by atoms with Gasteiger partial charge in [0.15, 0.2) is 0 Å². The summed E-state index contributed by atoms with van der Waals surface area (Å²) < 4.78 is 17.6. The molecule has 5 heteroatoms. The van der Waals surface area contributed by atoms with Crippen LogP contribution in [0.1, 0.15) is 6.42 Å². The van der Waals surface area contributed by atoms with Crippen LogP contribution in [0, 0.1) is 11.3 Å². The molecule has 0 saturated carbocycles. The Morgan fingerprint density at radius 3 is 2.55 bits per heavy atom. The van der Waals surface area contributed by atoms with Gasteiger partial charge in [-0.05, 0) is 0 Å². The Morgan fingerprint density at radius 2 is 2.36 bits per heavy atom. The van der Waals surface area contributed by atoms with Gasteiger partial charge in [-0.1, -0.05) is 0 Å². The number of hydrogen-bond donors (Lipinski definition) is 2. The second-order valence-corrected chi connectivity index (χ2v) is 2.45. The summed E-state index contributed by atoms with van der Waals surface area (Å²) in [6.45, 7) is -0.891. The number of ether oxygens (including phenoxy) is 1. The number of nitriles is 1. The Kier molecular flexibility index (Phi) is 1.84. The van der Waals surface area contributed by atoms with Crippen LogP contribution in [-0.2, 0) is 4.74 Å². The quantitative estimate of drug-likeness (QED) is 0.534. The molecule has 1 saturated heterocycles. The van der Waals surface area contributed by atoms with E-state index in [1.807, 2.05) is 0 Å². The molecule has 1 heterocycles. The SMILES string of the molecule is N#CC1(CO)OCCC1(O)F. The van der Waals surface area contributed by atoms with Crippen LogP contribution in [0.2, 0.25) is 0 Å². The fraction of sp³-hybridized carbons (Fsp3) is 0.833. The number of aliphatic hydroxyl groups is 2. The predicted octanol–water partition coefficient (Wildman–Crippen LogP) is -0.681. The largest absolute Gasteiger partial charge is 0.392 e. The van der Waals surface area contributed by atoms with E-state index >= 15 is 0 Å². The summed E-state index contributed by atoms with van der Waals surface area (Å²) in [5, 5.41) is 26.0. The highest BCUT2D eigenvalue weighted by molar-refractivity contribution is 5.13. The molecule has 1 aliphatic heterocycles. The number of rotatable bonds is 1. The normalized spacial score (nSPS) is 43.8. The van der Waals surface area contributed by atoms with E-state index in [-0.39, 0.29) is 13.0 Å². The molecule has 1 fully saturated rings. The zero-order chi connectivity index (χ0) is 8.54. The Bertz CT molecular complexity index is 200. The van der Waals surface area contributed by atoms with E-state index in [0.717, 1.165) is 0 Å². The van der Waals surface area contributed by atoms with Crippen LogP contribution in [0.15, 0.2) is 0 Å². The maximum absolute atomic E-state index is 13.0. The highest BCUT2D eigenvalue weighted by Gasteiger charge is 2.57. The van der Waals surface area contributed by atoms with Gasteiger partial charge in [-0.3, -0.25) is 0 Å². The lowest BCUT2D eigenvalue weighted by molar-refractivity contribution is -0.181. The third kappa shape index (κ3) is 0.997. The molecule has 1 rings (SSSR count). The van der Waals surface area contributed by atoms with Crippen molar-refractivity contribution in [3.05, 3.63) is 0 Å². The maximum Gasteiger partial charge on any atom is 0.254 e. The highest BCUT2D eigenvalue weighted by Crippen LogP contribution is 2.36. The summed E-state index contributed by atoms with van der Waals surface area (Å²) in [6.07, 6.45) is -0.277. The first-order valence-electron chi connectivity index (χ1n) is 3.15. The van der Waals surface area contributed by atoms with Crippen LogP contribution in [0.3, 0.4) is 0 Å². The molecule has 0 bridgehead atoms. The minimum Gasteiger partial charge on any atom is -0.392 e. The van der Waals surface area contributed by atoms with Crippen molar-refractivity contribution in [3.63, 3.8) is 0 Å². The fourth-order valence-electron chi connectivity index (χ4n) is 0.993. The molecule has 4 nitrogen and oxygen atoms in total. The molecule has 2 unspecified atom stereocenters. The van der Waals surface area contributed by atoms with Gasteiger partial charge in [0, 0.05) is 6.42 Å². The first kappa shape index (κ1) is 8.40. The van der Waals surface area contributed by atoms with Gasteiger partial charge in [0.1, 0.15) is 6.07 Å². The molecule has 11 heavy (non-hydrogen) atoms. The Balaban J connectivity index is 2.93. The van der Waals surface area contributed by atoms with E-state index in [9.17, 15) is 4.39 Å². The Hall–Kier alpha value is -0.700. The smallest absolute Gasteiger partial charge is 0.254 e. The molecule has 62 valence electrons. The van der Waals surface area contributed by atoms with Gasteiger partial charge < -0.3 is 14.9 Å². The molecule has 0 amide bonds. The van der Waals surface area contributed by atoms with Crippen molar-refractivity contribution in [1.29, 1.82) is 5.26 Å². The standard InChI is InChI=1S/C6H8FNO3/c7-6(10)1-2-11-5(6,3-8)4-9/h9-10H,1-2,4H2. The zero-order valence-corrected chi connectivity index (χ0v) is 5.75. The molecule has 0 radical (unpaired) electrons. The van der Waals surface area contributed by atoms with E-state index in [4.69, 9.17) is 15.5 Å². The molecule has 0 spiro atoms. The second kappa shape index (κ2) is 2.41. The molecule has 0 aromatic carbocycles. The molecule has 0 aliphatic carbocycles. The fourth-order valence-corrected chi connectivity index (χ4v) is 0.993. The first-order valence-corrected chi connectivity index (χ1v) is 3.15. The van der Waals surface area contributed by atoms with Crippen molar-refractivity contribution in [3.8, 4) is 6.07 Å². The first-order chi connectivity index (χ1) is 5.08. The highest BCUT2D eigenvalue weighted by atomic mass is 19.2. The Labute approximate surface area is 62.8 Å². The van der Waals surface area contributed by atoms with Gasteiger partial charge in [-0.25, -0.2) is 4.39 Å². The molecular weight excluding hydrogens is 153 g/mol. The van der Waals surface area contributed by atoms with Crippen LogP contribution in [-0.4, -0.2) is 34.9 Å². The lowest BCUT2D eigenvalue weighted by Gasteiger charge is -2.25. The van der Waals surface area contributed by atoms with Crippen molar-refractivity contribution in [2.45, 2.75) is 17.9 Å². The van der Waals surface area contributed by atoms with Crippen molar-refractivity contribution in [1.82, 2.24) is 0 Å². The van der Waals surface area contributed by atoms with Crippen LogP contribution in [0.25, 0.3) is 0 Å². The molecule has 0 aromatic rings. The topological polar surface area (TPSA) is 73.5 Å². The third-order valence-electron chi connectivity index (χ3n) is 1.80. The average molecular weight is 161 g/mol. The van der Waals surface area contributed by atoms with Crippen LogP contribution in [0.4, 0.5) is 4.39 Å². The number of halogens is 1. The lowest BCUT2D eigenvalue weighted by Crippen LogP contribution is -2.49. The number of alkyl halides is 1. The zero-order valence-electron chi connectivity index (χ0n) is 5.75. The summed E-state index contributed by atoms with van der Waals surface area (Å²) >= 11 is 0. The summed E-state index contributed by atoms with van der Waals surface area (Å²) in [4.78, 5) is 0. The second-order valence-electron chi connectivity index (χ2n) is 2.45. The number of nitrogens with zero attached hydrogens (tertiary/aromatic N) is 1. The summed E-state index contributed by atoms with van der Waals surface area (Å²) in [5.41, 5.74) is -2.08. The summed E-state index contributed by atoms with van der Waals surface area (Å²) in [6, 6.07) is 1.42. The van der Waals surface area contributed by atoms with Gasteiger partial charge in [-0.15, -0.1) is 0 Å². The molecule has 2 N–H and O–H groups in total. The minimum absolute atomic E-state index is 0.0544. The molecule has 2 atom stereocenters. The van der Waals surface area contributed by atoms with E-state index in [1.54, 1.807) is 0 Å². The molecule has 0 aromatic heterocycles. The maximum atomic E-state index is 13.0. The van der Waals surface area contributed by atoms with Crippen LogP contribution in [0.5, 0.6) is 0 Å². The average Bonchev–Trinajstić information content (AvgIpc) is 2.26. The van der Waals surface area contributed by atoms with Crippen molar-refractivity contribution >= 4 is 0 Å². The van der Waals surface area contributed by atoms with E-state index < -0.39 is 18.1 Å². The summed E-state index contributed by atoms with van der Waals surface area (Å²) in [5.74, 6) is -2.73.